The van der Waals surface area contributed by atoms with E-state index in [1.54, 1.807) is 21.3 Å². The molecule has 4 nitrogen and oxygen atoms in total. The Bertz CT molecular complexity index is 376. The minimum absolute atomic E-state index is 0.265. The molecule has 0 aliphatic carbocycles. The van der Waals surface area contributed by atoms with Gasteiger partial charge in [0.1, 0.15) is 5.22 Å². The Morgan fingerprint density at radius 3 is 2.40 bits per heavy atom. The highest BCUT2D eigenvalue weighted by atomic mass is 32.2. The second-order valence-electron chi connectivity index (χ2n) is 7.05. The Labute approximate surface area is 160 Å². The van der Waals surface area contributed by atoms with E-state index in [9.17, 15) is 4.79 Å². The van der Waals surface area contributed by atoms with Crippen LogP contribution in [-0.4, -0.2) is 46.0 Å². The normalized spacial score (nSPS) is 22.9. The highest BCUT2D eigenvalue weighted by molar-refractivity contribution is 8.13. The van der Waals surface area contributed by atoms with Crippen molar-refractivity contribution in [2.75, 3.05) is 27.1 Å². The summed E-state index contributed by atoms with van der Waals surface area (Å²) in [7, 11) is 2.99. The van der Waals surface area contributed by atoms with Gasteiger partial charge in [0, 0.05) is 33.5 Å². The number of carbonyl (C=O) groups excluding carboxylic acids is 1. The zero-order valence-electron chi connectivity index (χ0n) is 16.7. The lowest BCUT2D eigenvalue weighted by molar-refractivity contribution is -0.111. The number of thioether (sulfide) groups is 1. The maximum atomic E-state index is 12.0. The molecule has 1 fully saturated rings. The molecule has 0 N–H and O–H groups in total. The summed E-state index contributed by atoms with van der Waals surface area (Å²) in [6, 6.07) is 0.998. The molecular formula is C19H38O4SSi. The Morgan fingerprint density at radius 1 is 1.04 bits per heavy atom. The largest absolute Gasteiger partial charge is 0.396 e. The van der Waals surface area contributed by atoms with Crippen LogP contribution >= 0.6 is 11.8 Å². The first kappa shape index (κ1) is 23.2. The fourth-order valence-electron chi connectivity index (χ4n) is 4.01. The molecule has 1 aliphatic rings. The lowest BCUT2D eigenvalue weighted by Gasteiger charge is -2.48. The minimum atomic E-state index is -2.34. The quantitative estimate of drug-likeness (QED) is 0.318. The summed E-state index contributed by atoms with van der Waals surface area (Å²) in [6.07, 6.45) is 12.0. The topological polar surface area (TPSA) is 44.8 Å². The van der Waals surface area contributed by atoms with Gasteiger partial charge in [0.05, 0.1) is 0 Å². The molecule has 1 unspecified atom stereocenters. The smallest absolute Gasteiger partial charge is 0.370 e. The Balaban J connectivity index is 2.35. The van der Waals surface area contributed by atoms with Gasteiger partial charge in [-0.1, -0.05) is 57.2 Å². The van der Waals surface area contributed by atoms with E-state index in [0.717, 1.165) is 50.3 Å². The molecule has 25 heavy (non-hydrogen) atoms. The average molecular weight is 391 g/mol. The van der Waals surface area contributed by atoms with Crippen LogP contribution < -0.4 is 0 Å². The Morgan fingerprint density at radius 2 is 1.76 bits per heavy atom. The highest BCUT2D eigenvalue weighted by Crippen LogP contribution is 2.43. The van der Waals surface area contributed by atoms with Crippen LogP contribution in [0.2, 0.25) is 6.04 Å². The Kier molecular flexibility index (Phi) is 11.6. The molecule has 0 aromatic carbocycles. The molecule has 148 valence electrons. The molecule has 0 bridgehead atoms. The maximum absolute atomic E-state index is 12.0. The predicted molar refractivity (Wildman–Crippen MR) is 108 cm³/mol. The molecular weight excluding hydrogens is 352 g/mol. The first-order valence-electron chi connectivity index (χ1n) is 9.91. The van der Waals surface area contributed by atoms with Crippen LogP contribution in [0.1, 0.15) is 77.6 Å². The van der Waals surface area contributed by atoms with Crippen molar-refractivity contribution in [3.8, 4) is 0 Å². The molecule has 0 aromatic heterocycles. The van der Waals surface area contributed by atoms with E-state index in [1.165, 1.54) is 43.9 Å². The van der Waals surface area contributed by atoms with Crippen molar-refractivity contribution in [2.24, 2.45) is 0 Å². The van der Waals surface area contributed by atoms with E-state index in [1.807, 2.05) is 0 Å². The summed E-state index contributed by atoms with van der Waals surface area (Å²) in [5.41, 5.74) is 0. The molecule has 1 rings (SSSR count). The molecule has 0 spiro atoms. The van der Waals surface area contributed by atoms with Gasteiger partial charge in [0.2, 0.25) is 0 Å². The summed E-state index contributed by atoms with van der Waals surface area (Å²) in [6.45, 7) is 2.21. The van der Waals surface area contributed by atoms with E-state index in [0.29, 0.717) is 5.12 Å². The van der Waals surface area contributed by atoms with Gasteiger partial charge in [-0.2, -0.15) is 0 Å². The van der Waals surface area contributed by atoms with E-state index < -0.39 is 8.56 Å². The van der Waals surface area contributed by atoms with Crippen molar-refractivity contribution in [2.45, 2.75) is 88.8 Å². The van der Waals surface area contributed by atoms with Gasteiger partial charge < -0.3 is 13.6 Å². The lowest BCUT2D eigenvalue weighted by Crippen LogP contribution is -2.64. The molecule has 0 aromatic rings. The molecule has 1 atom stereocenters. The third-order valence-electron chi connectivity index (χ3n) is 5.55. The van der Waals surface area contributed by atoms with Crippen LogP contribution in [0.15, 0.2) is 0 Å². The van der Waals surface area contributed by atoms with Gasteiger partial charge in [-0.05, 0) is 31.7 Å². The monoisotopic (exact) mass is 390 g/mol. The van der Waals surface area contributed by atoms with E-state index in [-0.39, 0.29) is 5.22 Å². The predicted octanol–water partition coefficient (Wildman–Crippen LogP) is 5.23. The molecule has 0 radical (unpaired) electrons. The van der Waals surface area contributed by atoms with E-state index in [2.05, 4.69) is 6.92 Å². The molecule has 1 saturated heterocycles. The van der Waals surface area contributed by atoms with Crippen molar-refractivity contribution < 1.29 is 18.4 Å². The van der Waals surface area contributed by atoms with Gasteiger partial charge in [0.25, 0.3) is 0 Å². The summed E-state index contributed by atoms with van der Waals surface area (Å²) in [4.78, 5) is 12.0. The molecule has 6 heteroatoms. The fourth-order valence-corrected chi connectivity index (χ4v) is 8.73. The van der Waals surface area contributed by atoms with Gasteiger partial charge >= 0.3 is 8.56 Å². The zero-order chi connectivity index (χ0) is 18.6. The molecule has 1 heterocycles. The molecule has 1 aliphatic heterocycles. The van der Waals surface area contributed by atoms with Crippen molar-refractivity contribution in [3.05, 3.63) is 0 Å². The minimum Gasteiger partial charge on any atom is -0.396 e. The van der Waals surface area contributed by atoms with Crippen molar-refractivity contribution in [1.29, 1.82) is 0 Å². The maximum Gasteiger partial charge on any atom is 0.370 e. The first-order chi connectivity index (χ1) is 12.1. The first-order valence-corrected chi connectivity index (χ1v) is 12.9. The number of carbonyl (C=O) groups is 1. The third-order valence-corrected chi connectivity index (χ3v) is 11.0. The van der Waals surface area contributed by atoms with Crippen LogP contribution in [0.25, 0.3) is 0 Å². The van der Waals surface area contributed by atoms with Crippen LogP contribution in [0.4, 0.5) is 0 Å². The Hall–Kier alpha value is 0.117. The van der Waals surface area contributed by atoms with Gasteiger partial charge in [-0.25, -0.2) is 0 Å². The summed E-state index contributed by atoms with van der Waals surface area (Å²) >= 11 is 1.49. The van der Waals surface area contributed by atoms with Crippen molar-refractivity contribution in [3.63, 3.8) is 0 Å². The lowest BCUT2D eigenvalue weighted by atomic mass is 10.1. The van der Waals surface area contributed by atoms with Crippen LogP contribution in [-0.2, 0) is 18.4 Å². The van der Waals surface area contributed by atoms with E-state index >= 15 is 0 Å². The van der Waals surface area contributed by atoms with Gasteiger partial charge in [-0.3, -0.25) is 4.79 Å². The molecule has 0 saturated carbocycles. The number of rotatable bonds is 13. The van der Waals surface area contributed by atoms with Crippen molar-refractivity contribution >= 4 is 25.4 Å². The number of methoxy groups -OCH3 is 1. The fraction of sp³-hybridized carbons (Fsp3) is 0.947. The van der Waals surface area contributed by atoms with Crippen molar-refractivity contribution in [1.82, 2.24) is 0 Å². The average Bonchev–Trinajstić information content (AvgIpc) is 2.65. The third kappa shape index (κ3) is 6.65. The van der Waals surface area contributed by atoms with Gasteiger partial charge in [0.15, 0.2) is 5.12 Å². The second-order valence-corrected chi connectivity index (χ2v) is 11.9. The summed E-state index contributed by atoms with van der Waals surface area (Å²) in [5.74, 6) is 0.872. The number of hydrogen-bond donors (Lipinski definition) is 0. The van der Waals surface area contributed by atoms with E-state index in [4.69, 9.17) is 13.6 Å². The summed E-state index contributed by atoms with van der Waals surface area (Å²) in [5, 5.41) is 0.0759. The highest BCUT2D eigenvalue weighted by Gasteiger charge is 2.58. The SMILES string of the molecule is CCCCCCCC(=O)SCCCC1(OC)CCCC[Si]1(OC)OC. The van der Waals surface area contributed by atoms with Gasteiger partial charge in [-0.15, -0.1) is 0 Å². The number of unbranched alkanes of at least 4 members (excludes halogenated alkanes) is 4. The van der Waals surface area contributed by atoms with Crippen LogP contribution in [0.3, 0.4) is 0 Å². The number of ether oxygens (including phenoxy) is 1. The summed E-state index contributed by atoms with van der Waals surface area (Å²) < 4.78 is 17.8. The molecule has 0 amide bonds. The zero-order valence-corrected chi connectivity index (χ0v) is 18.6. The standard InChI is InChI=1S/C19H38O4SSi/c1-5-6-7-8-9-13-18(20)24-16-12-15-19(21-2)14-10-11-17-25(19,22-3)23-4/h5-17H2,1-4H3. The second kappa shape index (κ2) is 12.5. The van der Waals surface area contributed by atoms with Crippen LogP contribution in [0, 0.1) is 0 Å². The van der Waals surface area contributed by atoms with Crippen LogP contribution in [0.5, 0.6) is 0 Å². The number of hydrogen-bond acceptors (Lipinski definition) is 5.